The van der Waals surface area contributed by atoms with E-state index in [2.05, 4.69) is 10.5 Å². The van der Waals surface area contributed by atoms with Gasteiger partial charge in [-0.1, -0.05) is 59.6 Å². The lowest BCUT2D eigenvalue weighted by molar-refractivity contribution is -0.119. The Balaban J connectivity index is 1.81. The number of hydrazone groups is 1. The van der Waals surface area contributed by atoms with E-state index in [1.54, 1.807) is 66.7 Å². The van der Waals surface area contributed by atoms with Crippen molar-refractivity contribution in [3.05, 3.63) is 95.0 Å². The molecule has 8 heteroatoms. The van der Waals surface area contributed by atoms with Crippen LogP contribution in [0, 0.1) is 6.92 Å². The van der Waals surface area contributed by atoms with Crippen molar-refractivity contribution in [1.82, 2.24) is 5.43 Å². The molecule has 3 aromatic rings. The van der Waals surface area contributed by atoms with Gasteiger partial charge in [-0.3, -0.25) is 9.10 Å². The maximum atomic E-state index is 13.2. The Kier molecular flexibility index (Phi) is 6.87. The number of nitrogens with one attached hydrogen (secondary N) is 1. The summed E-state index contributed by atoms with van der Waals surface area (Å²) in [4.78, 5) is 12.6. The van der Waals surface area contributed by atoms with Crippen molar-refractivity contribution in [3.63, 3.8) is 0 Å². The van der Waals surface area contributed by atoms with Crippen LogP contribution < -0.4 is 9.73 Å². The Morgan fingerprint density at radius 1 is 1.00 bits per heavy atom. The summed E-state index contributed by atoms with van der Waals surface area (Å²) in [5, 5.41) is 4.49. The van der Waals surface area contributed by atoms with Gasteiger partial charge < -0.3 is 0 Å². The van der Waals surface area contributed by atoms with Crippen LogP contribution in [0.2, 0.25) is 5.02 Å². The normalized spacial score (nSPS) is 11.4. The molecule has 0 saturated carbocycles. The highest BCUT2D eigenvalue weighted by atomic mass is 35.5. The topological polar surface area (TPSA) is 78.8 Å². The first kappa shape index (κ1) is 21.5. The number of sulfonamides is 1. The third-order valence-electron chi connectivity index (χ3n) is 4.21. The van der Waals surface area contributed by atoms with Gasteiger partial charge >= 0.3 is 0 Å². The lowest BCUT2D eigenvalue weighted by Gasteiger charge is -2.23. The largest absolute Gasteiger partial charge is 0.271 e. The van der Waals surface area contributed by atoms with Gasteiger partial charge in [-0.05, 0) is 48.9 Å². The van der Waals surface area contributed by atoms with Crippen LogP contribution in [-0.4, -0.2) is 27.1 Å². The van der Waals surface area contributed by atoms with E-state index in [1.165, 1.54) is 18.3 Å². The lowest BCUT2D eigenvalue weighted by Crippen LogP contribution is -2.39. The Morgan fingerprint density at radius 3 is 2.27 bits per heavy atom. The van der Waals surface area contributed by atoms with Gasteiger partial charge in [0.2, 0.25) is 0 Å². The van der Waals surface area contributed by atoms with Gasteiger partial charge in [0.1, 0.15) is 6.54 Å². The number of nitrogens with zero attached hydrogens (tertiary/aromatic N) is 2. The molecule has 0 spiro atoms. The standard InChI is InChI=1S/C22H20ClN3O3S/c1-17-7-13-20(14-8-17)26(30(28,29)21-5-3-2-4-6-21)16-22(27)25-24-15-18-9-11-19(23)12-10-18/h2-15H,16H2,1H3,(H,25,27). The smallest absolute Gasteiger partial charge is 0.264 e. The molecule has 1 amide bonds. The molecule has 0 aromatic heterocycles. The number of carbonyl (C=O) groups excluding carboxylic acids is 1. The number of halogens is 1. The van der Waals surface area contributed by atoms with Crippen molar-refractivity contribution in [2.24, 2.45) is 5.10 Å². The molecule has 0 saturated heterocycles. The zero-order chi connectivity index (χ0) is 21.6. The van der Waals surface area contributed by atoms with E-state index >= 15 is 0 Å². The van der Waals surface area contributed by atoms with Gasteiger partial charge in [0.25, 0.3) is 15.9 Å². The SMILES string of the molecule is Cc1ccc(N(CC(=O)NN=Cc2ccc(Cl)cc2)S(=O)(=O)c2ccccc2)cc1. The second-order valence-corrected chi connectivity index (χ2v) is 8.80. The number of benzene rings is 3. The van der Waals surface area contributed by atoms with Crippen LogP contribution in [0.15, 0.2) is 88.9 Å². The zero-order valence-electron chi connectivity index (χ0n) is 16.2. The highest BCUT2D eigenvalue weighted by molar-refractivity contribution is 7.92. The summed E-state index contributed by atoms with van der Waals surface area (Å²) in [5.41, 5.74) is 4.48. The van der Waals surface area contributed by atoms with Crippen molar-refractivity contribution in [2.75, 3.05) is 10.8 Å². The molecule has 1 N–H and O–H groups in total. The number of rotatable bonds is 7. The van der Waals surface area contributed by atoms with Gasteiger partial charge in [0, 0.05) is 5.02 Å². The van der Waals surface area contributed by atoms with Crippen LogP contribution in [0.5, 0.6) is 0 Å². The number of carbonyl (C=O) groups is 1. The van der Waals surface area contributed by atoms with E-state index in [1.807, 2.05) is 6.92 Å². The molecule has 0 bridgehead atoms. The number of amides is 1. The highest BCUT2D eigenvalue weighted by Crippen LogP contribution is 2.23. The minimum absolute atomic E-state index is 0.100. The van der Waals surface area contributed by atoms with E-state index in [0.29, 0.717) is 10.7 Å². The molecule has 0 heterocycles. The van der Waals surface area contributed by atoms with Crippen LogP contribution >= 0.6 is 11.6 Å². The fraction of sp³-hybridized carbons (Fsp3) is 0.0909. The van der Waals surface area contributed by atoms with Crippen molar-refractivity contribution in [1.29, 1.82) is 0 Å². The summed E-state index contributed by atoms with van der Waals surface area (Å²) in [7, 11) is -3.94. The first-order chi connectivity index (χ1) is 14.4. The quantitative estimate of drug-likeness (QED) is 0.444. The summed E-state index contributed by atoms with van der Waals surface area (Å²) in [6.07, 6.45) is 1.45. The zero-order valence-corrected chi connectivity index (χ0v) is 17.8. The average Bonchev–Trinajstić information content (AvgIpc) is 2.75. The molecule has 3 rings (SSSR count). The molecule has 3 aromatic carbocycles. The fourth-order valence-electron chi connectivity index (χ4n) is 2.64. The molecule has 30 heavy (non-hydrogen) atoms. The van der Waals surface area contributed by atoms with Crippen molar-refractivity contribution in [2.45, 2.75) is 11.8 Å². The van der Waals surface area contributed by atoms with Crippen molar-refractivity contribution < 1.29 is 13.2 Å². The van der Waals surface area contributed by atoms with E-state index < -0.39 is 22.5 Å². The third kappa shape index (κ3) is 5.46. The van der Waals surface area contributed by atoms with E-state index in [9.17, 15) is 13.2 Å². The first-order valence-corrected chi connectivity index (χ1v) is 10.9. The minimum atomic E-state index is -3.94. The molecular formula is C22H20ClN3O3S. The Hall–Kier alpha value is -3.16. The predicted molar refractivity (Wildman–Crippen MR) is 119 cm³/mol. The number of aryl methyl sites for hydroxylation is 1. The van der Waals surface area contributed by atoms with Crippen LogP contribution in [0.25, 0.3) is 0 Å². The maximum Gasteiger partial charge on any atom is 0.264 e. The van der Waals surface area contributed by atoms with E-state index in [0.717, 1.165) is 15.4 Å². The molecular weight excluding hydrogens is 422 g/mol. The number of anilines is 1. The molecule has 0 aliphatic rings. The molecule has 0 unspecified atom stereocenters. The predicted octanol–water partition coefficient (Wildman–Crippen LogP) is 3.99. The highest BCUT2D eigenvalue weighted by Gasteiger charge is 2.26. The second-order valence-electron chi connectivity index (χ2n) is 6.51. The molecule has 0 aliphatic carbocycles. The van der Waals surface area contributed by atoms with Crippen molar-refractivity contribution in [3.8, 4) is 0 Å². The number of hydrogen-bond donors (Lipinski definition) is 1. The molecule has 154 valence electrons. The Labute approximate surface area is 180 Å². The summed E-state index contributed by atoms with van der Waals surface area (Å²) in [6, 6.07) is 21.8. The van der Waals surface area contributed by atoms with Crippen molar-refractivity contribution >= 4 is 39.4 Å². The van der Waals surface area contributed by atoms with Gasteiger partial charge in [-0.15, -0.1) is 0 Å². The van der Waals surface area contributed by atoms with Crippen LogP contribution in [0.1, 0.15) is 11.1 Å². The lowest BCUT2D eigenvalue weighted by atomic mass is 10.2. The maximum absolute atomic E-state index is 13.2. The molecule has 0 fully saturated rings. The van der Waals surface area contributed by atoms with Gasteiger partial charge in [-0.25, -0.2) is 13.8 Å². The number of hydrogen-bond acceptors (Lipinski definition) is 4. The monoisotopic (exact) mass is 441 g/mol. The molecule has 0 radical (unpaired) electrons. The summed E-state index contributed by atoms with van der Waals surface area (Å²) >= 11 is 5.84. The van der Waals surface area contributed by atoms with Gasteiger partial charge in [-0.2, -0.15) is 5.10 Å². The first-order valence-electron chi connectivity index (χ1n) is 9.08. The molecule has 0 atom stereocenters. The van der Waals surface area contributed by atoms with Gasteiger partial charge in [0.15, 0.2) is 0 Å². The summed E-state index contributed by atoms with van der Waals surface area (Å²) < 4.78 is 27.4. The van der Waals surface area contributed by atoms with Crippen LogP contribution in [0.4, 0.5) is 5.69 Å². The Morgan fingerprint density at radius 2 is 1.63 bits per heavy atom. The molecule has 0 aliphatic heterocycles. The fourth-order valence-corrected chi connectivity index (χ4v) is 4.21. The van der Waals surface area contributed by atoms with Crippen LogP contribution in [0.3, 0.4) is 0 Å². The third-order valence-corrected chi connectivity index (χ3v) is 6.25. The molecule has 6 nitrogen and oxygen atoms in total. The Bertz CT molecular complexity index is 1130. The second kappa shape index (κ2) is 9.56. The summed E-state index contributed by atoms with van der Waals surface area (Å²) in [6.45, 7) is 1.48. The van der Waals surface area contributed by atoms with E-state index in [4.69, 9.17) is 11.6 Å². The summed E-state index contributed by atoms with van der Waals surface area (Å²) in [5.74, 6) is -0.569. The average molecular weight is 442 g/mol. The van der Waals surface area contributed by atoms with Crippen LogP contribution in [-0.2, 0) is 14.8 Å². The minimum Gasteiger partial charge on any atom is -0.271 e. The van der Waals surface area contributed by atoms with Gasteiger partial charge in [0.05, 0.1) is 16.8 Å². The van der Waals surface area contributed by atoms with E-state index in [-0.39, 0.29) is 4.90 Å².